The Hall–Kier alpha value is -1.83. The highest BCUT2D eigenvalue weighted by atomic mass is 32.2. The number of nitrogens with zero attached hydrogens (tertiary/aromatic N) is 1. The Labute approximate surface area is 174 Å². The van der Waals surface area contributed by atoms with Gasteiger partial charge in [-0.15, -0.1) is 23.1 Å². The SMILES string of the molecule is COC(=O)c1c(NC(=O)CCSc2ccccc2)sc2c1CCN(C(C)C)C2. The van der Waals surface area contributed by atoms with Crippen molar-refractivity contribution in [2.75, 3.05) is 24.7 Å². The van der Waals surface area contributed by atoms with Crippen LogP contribution in [-0.2, 0) is 22.5 Å². The summed E-state index contributed by atoms with van der Waals surface area (Å²) in [6, 6.07) is 10.5. The first-order valence-electron chi connectivity index (χ1n) is 9.44. The first-order valence-corrected chi connectivity index (χ1v) is 11.2. The van der Waals surface area contributed by atoms with Crippen LogP contribution in [-0.4, -0.2) is 42.2 Å². The Morgan fingerprint density at radius 3 is 2.71 bits per heavy atom. The molecule has 0 fully saturated rings. The first-order chi connectivity index (χ1) is 13.5. The summed E-state index contributed by atoms with van der Waals surface area (Å²) in [5.74, 6) is 0.243. The lowest BCUT2D eigenvalue weighted by atomic mass is 10.0. The third-order valence-corrected chi connectivity index (χ3v) is 6.95. The van der Waals surface area contributed by atoms with Crippen molar-refractivity contribution in [3.05, 3.63) is 46.3 Å². The largest absolute Gasteiger partial charge is 0.465 e. The molecule has 0 saturated carbocycles. The van der Waals surface area contributed by atoms with Gasteiger partial charge in [-0.2, -0.15) is 0 Å². The molecule has 150 valence electrons. The van der Waals surface area contributed by atoms with E-state index in [9.17, 15) is 9.59 Å². The Morgan fingerprint density at radius 1 is 1.29 bits per heavy atom. The molecule has 28 heavy (non-hydrogen) atoms. The van der Waals surface area contributed by atoms with E-state index in [1.54, 1.807) is 11.8 Å². The highest BCUT2D eigenvalue weighted by Crippen LogP contribution is 2.38. The summed E-state index contributed by atoms with van der Waals surface area (Å²) in [7, 11) is 1.39. The highest BCUT2D eigenvalue weighted by Gasteiger charge is 2.29. The number of thiophene rings is 1. The maximum absolute atomic E-state index is 12.5. The number of carbonyl (C=O) groups excluding carboxylic acids is 2. The average molecular weight is 419 g/mol. The molecular weight excluding hydrogens is 392 g/mol. The van der Waals surface area contributed by atoms with Crippen molar-refractivity contribution in [1.29, 1.82) is 0 Å². The molecule has 1 aromatic heterocycles. The van der Waals surface area contributed by atoms with Gasteiger partial charge in [0.1, 0.15) is 5.00 Å². The number of carbonyl (C=O) groups is 2. The van der Waals surface area contributed by atoms with Crippen LogP contribution in [0.15, 0.2) is 35.2 Å². The second-order valence-corrected chi connectivity index (χ2v) is 9.25. The molecule has 3 rings (SSSR count). The molecule has 1 aliphatic heterocycles. The standard InChI is InChI=1S/C21H26N2O3S2/c1-14(2)23-11-9-16-17(13-23)28-20(19(16)21(25)26-3)22-18(24)10-12-27-15-7-5-4-6-8-15/h4-8,14H,9-13H2,1-3H3,(H,22,24). The number of hydrogen-bond acceptors (Lipinski definition) is 6. The number of methoxy groups -OCH3 is 1. The number of ether oxygens (including phenoxy) is 1. The number of rotatable bonds is 7. The normalized spacial score (nSPS) is 14.0. The Morgan fingerprint density at radius 2 is 2.04 bits per heavy atom. The molecule has 2 aromatic rings. The van der Waals surface area contributed by atoms with Crippen LogP contribution in [0, 0.1) is 0 Å². The minimum Gasteiger partial charge on any atom is -0.465 e. The van der Waals surface area contributed by atoms with E-state index in [2.05, 4.69) is 24.1 Å². The van der Waals surface area contributed by atoms with E-state index in [4.69, 9.17) is 4.74 Å². The van der Waals surface area contributed by atoms with Crippen LogP contribution in [0.2, 0.25) is 0 Å². The summed E-state index contributed by atoms with van der Waals surface area (Å²) in [5.41, 5.74) is 1.57. The van der Waals surface area contributed by atoms with Crippen LogP contribution in [0.3, 0.4) is 0 Å². The van der Waals surface area contributed by atoms with Gasteiger partial charge in [0.05, 0.1) is 12.7 Å². The Bertz CT molecular complexity index is 834. The lowest BCUT2D eigenvalue weighted by Crippen LogP contribution is -2.35. The molecule has 1 N–H and O–H groups in total. The van der Waals surface area contributed by atoms with Crippen molar-refractivity contribution in [3.63, 3.8) is 0 Å². The summed E-state index contributed by atoms with van der Waals surface area (Å²) in [6.45, 7) is 6.06. The molecule has 0 saturated heterocycles. The molecule has 0 aliphatic carbocycles. The van der Waals surface area contributed by atoms with Crippen LogP contribution in [0.5, 0.6) is 0 Å². The van der Waals surface area contributed by atoms with Crippen LogP contribution in [0.4, 0.5) is 5.00 Å². The summed E-state index contributed by atoms with van der Waals surface area (Å²) in [6.07, 6.45) is 1.19. The quantitative estimate of drug-likeness (QED) is 0.533. The van der Waals surface area contributed by atoms with Crippen molar-refractivity contribution >= 4 is 40.0 Å². The van der Waals surface area contributed by atoms with Crippen LogP contribution in [0.25, 0.3) is 0 Å². The second-order valence-electron chi connectivity index (χ2n) is 6.97. The van der Waals surface area contributed by atoms with Gasteiger partial charge in [-0.05, 0) is 38.0 Å². The summed E-state index contributed by atoms with van der Waals surface area (Å²) in [4.78, 5) is 29.5. The van der Waals surface area contributed by atoms with E-state index in [1.807, 2.05) is 30.3 Å². The van der Waals surface area contributed by atoms with Crippen molar-refractivity contribution in [2.24, 2.45) is 0 Å². The fraction of sp³-hybridized carbons (Fsp3) is 0.429. The van der Waals surface area contributed by atoms with E-state index in [0.717, 1.165) is 34.8 Å². The van der Waals surface area contributed by atoms with E-state index in [0.29, 0.717) is 28.8 Å². The van der Waals surface area contributed by atoms with Gasteiger partial charge < -0.3 is 10.1 Å². The summed E-state index contributed by atoms with van der Waals surface area (Å²) < 4.78 is 4.99. The molecule has 0 atom stereocenters. The van der Waals surface area contributed by atoms with Crippen LogP contribution >= 0.6 is 23.1 Å². The zero-order valence-corrected chi connectivity index (χ0v) is 18.1. The Balaban J connectivity index is 1.68. The van der Waals surface area contributed by atoms with Gasteiger partial charge in [-0.1, -0.05) is 18.2 Å². The maximum atomic E-state index is 12.5. The second kappa shape index (κ2) is 9.58. The molecule has 1 aliphatic rings. The zero-order chi connectivity index (χ0) is 20.1. The predicted octanol–water partition coefficient (Wildman–Crippen LogP) is 4.42. The van der Waals surface area contributed by atoms with Gasteiger partial charge in [-0.3, -0.25) is 9.69 Å². The number of hydrogen-bond donors (Lipinski definition) is 1. The number of benzene rings is 1. The zero-order valence-electron chi connectivity index (χ0n) is 16.5. The smallest absolute Gasteiger partial charge is 0.341 e. The number of amides is 1. The fourth-order valence-electron chi connectivity index (χ4n) is 3.24. The molecule has 7 heteroatoms. The van der Waals surface area contributed by atoms with Gasteiger partial charge in [-0.25, -0.2) is 4.79 Å². The van der Waals surface area contributed by atoms with Crippen molar-refractivity contribution < 1.29 is 14.3 Å². The van der Waals surface area contributed by atoms with E-state index >= 15 is 0 Å². The molecule has 2 heterocycles. The Kier molecular flexibility index (Phi) is 7.15. The van der Waals surface area contributed by atoms with Crippen molar-refractivity contribution in [3.8, 4) is 0 Å². The molecule has 1 amide bonds. The number of anilines is 1. The summed E-state index contributed by atoms with van der Waals surface area (Å²) >= 11 is 3.15. The highest BCUT2D eigenvalue weighted by molar-refractivity contribution is 7.99. The number of thioether (sulfide) groups is 1. The maximum Gasteiger partial charge on any atom is 0.341 e. The van der Waals surface area contributed by atoms with E-state index in [-0.39, 0.29) is 11.9 Å². The molecule has 5 nitrogen and oxygen atoms in total. The van der Waals surface area contributed by atoms with Crippen molar-refractivity contribution in [1.82, 2.24) is 4.90 Å². The van der Waals surface area contributed by atoms with E-state index < -0.39 is 0 Å². The van der Waals surface area contributed by atoms with Gasteiger partial charge >= 0.3 is 5.97 Å². The third kappa shape index (κ3) is 4.96. The van der Waals surface area contributed by atoms with Gasteiger partial charge in [0, 0.05) is 41.1 Å². The molecule has 0 unspecified atom stereocenters. The predicted molar refractivity (Wildman–Crippen MR) is 115 cm³/mol. The fourth-order valence-corrected chi connectivity index (χ4v) is 5.39. The summed E-state index contributed by atoms with van der Waals surface area (Å²) in [5, 5.41) is 3.58. The van der Waals surface area contributed by atoms with Gasteiger partial charge in [0.15, 0.2) is 0 Å². The monoisotopic (exact) mass is 418 g/mol. The number of esters is 1. The lowest BCUT2D eigenvalue weighted by molar-refractivity contribution is -0.115. The van der Waals surface area contributed by atoms with Gasteiger partial charge in [0.25, 0.3) is 0 Å². The van der Waals surface area contributed by atoms with E-state index in [1.165, 1.54) is 18.4 Å². The minimum absolute atomic E-state index is 0.0760. The first kappa shape index (κ1) is 20.9. The number of nitrogens with one attached hydrogen (secondary N) is 1. The topological polar surface area (TPSA) is 58.6 Å². The number of fused-ring (bicyclic) bond motifs is 1. The van der Waals surface area contributed by atoms with Crippen LogP contribution in [0.1, 0.15) is 41.1 Å². The molecule has 0 bridgehead atoms. The van der Waals surface area contributed by atoms with Crippen molar-refractivity contribution in [2.45, 2.75) is 44.2 Å². The van der Waals surface area contributed by atoms with Crippen LogP contribution < -0.4 is 5.32 Å². The molecule has 0 radical (unpaired) electrons. The molecule has 0 spiro atoms. The lowest BCUT2D eigenvalue weighted by Gasteiger charge is -2.30. The molecule has 1 aromatic carbocycles. The van der Waals surface area contributed by atoms with Gasteiger partial charge in [0.2, 0.25) is 5.91 Å². The average Bonchev–Trinajstić information content (AvgIpc) is 3.05. The third-order valence-electron chi connectivity index (χ3n) is 4.80. The minimum atomic E-state index is -0.371. The molecular formula is C21H26N2O3S2.